The van der Waals surface area contributed by atoms with E-state index in [2.05, 4.69) is 17.2 Å². The van der Waals surface area contributed by atoms with Gasteiger partial charge in [-0.2, -0.15) is 0 Å². The van der Waals surface area contributed by atoms with E-state index in [-0.39, 0.29) is 0 Å². The van der Waals surface area contributed by atoms with Gasteiger partial charge in [0.1, 0.15) is 6.29 Å². The number of hydrogen-bond acceptors (Lipinski definition) is 2. The van der Waals surface area contributed by atoms with Crippen molar-refractivity contribution in [2.24, 2.45) is 0 Å². The molecule has 1 N–H and O–H groups in total. The van der Waals surface area contributed by atoms with E-state index in [0.29, 0.717) is 12.1 Å². The van der Waals surface area contributed by atoms with Gasteiger partial charge in [-0.3, -0.25) is 4.79 Å². The minimum Gasteiger partial charge on any atom is -0.309 e. The Morgan fingerprint density at radius 2 is 2.21 bits per heavy atom. The normalized spacial score (nSPS) is 9.00. The Balaban J connectivity index is 2.93. The predicted octanol–water partition coefficient (Wildman–Crippen LogP) is 1.38. The molecule has 0 aliphatic rings. The summed E-state index contributed by atoms with van der Waals surface area (Å²) in [7, 11) is 1.85. The van der Waals surface area contributed by atoms with Gasteiger partial charge >= 0.3 is 0 Å². The molecule has 1 rings (SSSR count). The zero-order valence-electron chi connectivity index (χ0n) is 8.42. The summed E-state index contributed by atoms with van der Waals surface area (Å²) < 4.78 is 0. The number of rotatable bonds is 2. The van der Waals surface area contributed by atoms with E-state index >= 15 is 0 Å². The third-order valence-electron chi connectivity index (χ3n) is 1.73. The summed E-state index contributed by atoms with van der Waals surface area (Å²) in [5.74, 6) is 5.94. The molecule has 2 heteroatoms. The molecule has 0 aliphatic heterocycles. The lowest BCUT2D eigenvalue weighted by Gasteiger charge is -1.96. The zero-order valence-corrected chi connectivity index (χ0v) is 8.42. The van der Waals surface area contributed by atoms with Crippen LogP contribution in [0, 0.1) is 18.8 Å². The Labute approximate surface area is 84.3 Å². The molecular weight excluding hydrogens is 174 g/mol. The molecule has 0 saturated heterocycles. The van der Waals surface area contributed by atoms with Gasteiger partial charge in [0, 0.05) is 11.1 Å². The molecule has 0 radical (unpaired) electrons. The molecule has 0 aliphatic carbocycles. The second kappa shape index (κ2) is 5.21. The average molecular weight is 187 g/mol. The molecule has 0 unspecified atom stereocenters. The average Bonchev–Trinajstić information content (AvgIpc) is 2.17. The van der Waals surface area contributed by atoms with E-state index in [4.69, 9.17) is 0 Å². The lowest BCUT2D eigenvalue weighted by Crippen LogP contribution is -2.04. The largest absolute Gasteiger partial charge is 0.309 e. The van der Waals surface area contributed by atoms with Crippen LogP contribution in [0.15, 0.2) is 18.2 Å². The highest BCUT2D eigenvalue weighted by molar-refractivity contribution is 5.76. The molecule has 0 spiro atoms. The second-order valence-corrected chi connectivity index (χ2v) is 3.08. The molecule has 0 heterocycles. The number of hydrogen-bond donors (Lipinski definition) is 1. The van der Waals surface area contributed by atoms with E-state index in [1.807, 2.05) is 26.1 Å². The molecule has 0 fully saturated rings. The van der Waals surface area contributed by atoms with Crippen LogP contribution in [0.4, 0.5) is 0 Å². The van der Waals surface area contributed by atoms with Crippen LogP contribution in [0.2, 0.25) is 0 Å². The highest BCUT2D eigenvalue weighted by Gasteiger charge is 1.94. The third-order valence-corrected chi connectivity index (χ3v) is 1.73. The van der Waals surface area contributed by atoms with Gasteiger partial charge < -0.3 is 5.32 Å². The monoisotopic (exact) mass is 187 g/mol. The van der Waals surface area contributed by atoms with Gasteiger partial charge in [-0.05, 0) is 37.7 Å². The fourth-order valence-corrected chi connectivity index (χ4v) is 1.19. The van der Waals surface area contributed by atoms with Crippen LogP contribution in [-0.4, -0.2) is 19.9 Å². The Hall–Kier alpha value is -1.59. The second-order valence-electron chi connectivity index (χ2n) is 3.08. The summed E-state index contributed by atoms with van der Waals surface area (Å²) >= 11 is 0. The Morgan fingerprint density at radius 1 is 1.43 bits per heavy atom. The fourth-order valence-electron chi connectivity index (χ4n) is 1.19. The van der Waals surface area contributed by atoms with Gasteiger partial charge in [0.05, 0.1) is 6.54 Å². The highest BCUT2D eigenvalue weighted by Crippen LogP contribution is 2.06. The molecule has 0 aromatic heterocycles. The number of aryl methyl sites for hydroxylation is 1. The van der Waals surface area contributed by atoms with Crippen LogP contribution in [0.1, 0.15) is 21.5 Å². The van der Waals surface area contributed by atoms with Crippen LogP contribution >= 0.6 is 0 Å². The topological polar surface area (TPSA) is 29.1 Å². The van der Waals surface area contributed by atoms with Crippen molar-refractivity contribution in [2.45, 2.75) is 6.92 Å². The maximum atomic E-state index is 10.6. The first-order chi connectivity index (χ1) is 6.76. The van der Waals surface area contributed by atoms with Crippen LogP contribution in [0.3, 0.4) is 0 Å². The van der Waals surface area contributed by atoms with E-state index < -0.39 is 0 Å². The maximum Gasteiger partial charge on any atom is 0.150 e. The summed E-state index contributed by atoms with van der Waals surface area (Å²) in [6.07, 6.45) is 0.844. The quantitative estimate of drug-likeness (QED) is 0.560. The van der Waals surface area contributed by atoms with E-state index in [1.54, 1.807) is 6.07 Å². The van der Waals surface area contributed by atoms with Gasteiger partial charge in [-0.15, -0.1) is 0 Å². The number of benzene rings is 1. The Bertz CT molecular complexity index is 385. The van der Waals surface area contributed by atoms with Crippen molar-refractivity contribution in [3.05, 3.63) is 34.9 Å². The number of carbonyl (C=O) groups excluding carboxylic acids is 1. The van der Waals surface area contributed by atoms with Crippen molar-refractivity contribution < 1.29 is 4.79 Å². The summed E-state index contributed by atoms with van der Waals surface area (Å²) in [5, 5.41) is 2.94. The number of nitrogens with one attached hydrogen (secondary N) is 1. The van der Waals surface area contributed by atoms with Crippen LogP contribution < -0.4 is 5.32 Å². The van der Waals surface area contributed by atoms with E-state index in [1.165, 1.54) is 0 Å². The number of carbonyl (C=O) groups is 1. The van der Waals surface area contributed by atoms with Crippen molar-refractivity contribution in [1.29, 1.82) is 0 Å². The lowest BCUT2D eigenvalue weighted by molar-refractivity contribution is 0.112. The maximum absolute atomic E-state index is 10.6. The molecule has 14 heavy (non-hydrogen) atoms. The molecule has 0 amide bonds. The van der Waals surface area contributed by atoms with Gasteiger partial charge in [-0.1, -0.05) is 11.8 Å². The summed E-state index contributed by atoms with van der Waals surface area (Å²) in [6.45, 7) is 2.61. The summed E-state index contributed by atoms with van der Waals surface area (Å²) in [6, 6.07) is 5.61. The van der Waals surface area contributed by atoms with Gasteiger partial charge in [0.25, 0.3) is 0 Å². The molecule has 0 bridgehead atoms. The van der Waals surface area contributed by atoms with E-state index in [9.17, 15) is 4.79 Å². The molecule has 72 valence electrons. The predicted molar refractivity (Wildman–Crippen MR) is 57.4 cm³/mol. The molecule has 1 aromatic rings. The van der Waals surface area contributed by atoms with Crippen molar-refractivity contribution in [2.75, 3.05) is 13.6 Å². The first-order valence-corrected chi connectivity index (χ1v) is 4.46. The number of aldehydes is 1. The Morgan fingerprint density at radius 3 is 2.86 bits per heavy atom. The van der Waals surface area contributed by atoms with Crippen LogP contribution in [-0.2, 0) is 0 Å². The smallest absolute Gasteiger partial charge is 0.150 e. The van der Waals surface area contributed by atoms with E-state index in [0.717, 1.165) is 17.4 Å². The SMILES string of the molecule is CNCC#Cc1cc(C)cc(C=O)c1. The first-order valence-electron chi connectivity index (χ1n) is 4.46. The summed E-state index contributed by atoms with van der Waals surface area (Å²) in [4.78, 5) is 10.6. The summed E-state index contributed by atoms with van der Waals surface area (Å²) in [5.41, 5.74) is 2.63. The first kappa shape index (κ1) is 10.5. The van der Waals surface area contributed by atoms with Crippen molar-refractivity contribution in [3.63, 3.8) is 0 Å². The molecule has 2 nitrogen and oxygen atoms in total. The van der Waals surface area contributed by atoms with Gasteiger partial charge in [0.2, 0.25) is 0 Å². The van der Waals surface area contributed by atoms with Gasteiger partial charge in [0.15, 0.2) is 0 Å². The minimum absolute atomic E-state index is 0.657. The molecule has 1 aromatic carbocycles. The van der Waals surface area contributed by atoms with Crippen LogP contribution in [0.5, 0.6) is 0 Å². The van der Waals surface area contributed by atoms with Gasteiger partial charge in [-0.25, -0.2) is 0 Å². The fraction of sp³-hybridized carbons (Fsp3) is 0.250. The third kappa shape index (κ3) is 3.04. The van der Waals surface area contributed by atoms with Crippen molar-refractivity contribution in [3.8, 4) is 11.8 Å². The highest BCUT2D eigenvalue weighted by atomic mass is 16.1. The standard InChI is InChI=1S/C12H13NO/c1-10-6-11(4-3-5-13-2)8-12(7-10)9-14/h6-9,13H,5H2,1-2H3. The minimum atomic E-state index is 0.657. The Kier molecular flexibility index (Phi) is 3.90. The zero-order chi connectivity index (χ0) is 10.4. The van der Waals surface area contributed by atoms with Crippen molar-refractivity contribution >= 4 is 6.29 Å². The van der Waals surface area contributed by atoms with Crippen molar-refractivity contribution in [1.82, 2.24) is 5.32 Å². The van der Waals surface area contributed by atoms with Crippen LogP contribution in [0.25, 0.3) is 0 Å². The molecule has 0 atom stereocenters. The molecular formula is C12H13NO. The molecule has 0 saturated carbocycles. The lowest BCUT2D eigenvalue weighted by atomic mass is 10.1.